The molecule has 7 aliphatic rings. The van der Waals surface area contributed by atoms with Gasteiger partial charge >= 0.3 is 12.1 Å². The lowest BCUT2D eigenvalue weighted by atomic mass is 9.84. The number of likely N-dealkylation sites (tertiary alicyclic amines) is 1. The van der Waals surface area contributed by atoms with Crippen LogP contribution in [0.3, 0.4) is 0 Å². The first-order chi connectivity index (χ1) is 35.0. The van der Waals surface area contributed by atoms with Gasteiger partial charge < -0.3 is 44.1 Å². The molecule has 1 spiro atoms. The number of rotatable bonds is 9. The molecule has 5 saturated heterocycles. The minimum absolute atomic E-state index is 0.0375. The van der Waals surface area contributed by atoms with Crippen molar-refractivity contribution in [1.29, 1.82) is 0 Å². The summed E-state index contributed by atoms with van der Waals surface area (Å²) in [6.45, 7) is 12.9. The molecule has 2 amide bonds. The van der Waals surface area contributed by atoms with E-state index in [9.17, 15) is 14.4 Å². The maximum Gasteiger partial charge on any atom is 0.406 e. The van der Waals surface area contributed by atoms with E-state index in [1.807, 2.05) is 39.0 Å². The van der Waals surface area contributed by atoms with Crippen LogP contribution in [0.5, 0.6) is 0 Å². The standard InChI is InChI=1S/C54H77F3N10O6/c1-35(71-5)46-41(26-38(29-59-46)63-21-19-62(4)20-22-63)48-42-28-52(2,3)34-73-51(70)43-11-8-17-67(61-43)50(69)44(60-49(68)47(36-9-6-7-10-36)65-18-15-53(32-65)14-16-58-31-53)27-39-30-64(23-24-72-39)37-12-13-45(40(42)25-37)66(48)33-54(55,56)57/h12-13,25-26,29,35-36,39,43-44,47,58,61H,6-11,14-24,27-28,30-34H2,1-5H3,(H,60,68)/t35-,39-,43-,44-,47-,53-/m0/s1. The number of cyclic esters (lactones) is 1. The fraction of sp³-hybridized carbons (Fsp3) is 0.704. The summed E-state index contributed by atoms with van der Waals surface area (Å²) < 4.78 is 65.2. The zero-order valence-corrected chi connectivity index (χ0v) is 43.5. The summed E-state index contributed by atoms with van der Waals surface area (Å²) in [4.78, 5) is 58.1. The van der Waals surface area contributed by atoms with E-state index in [0.29, 0.717) is 72.5 Å². The van der Waals surface area contributed by atoms with Crippen molar-refractivity contribution in [2.45, 2.75) is 128 Å². The van der Waals surface area contributed by atoms with E-state index in [4.69, 9.17) is 19.2 Å². The van der Waals surface area contributed by atoms with Crippen LogP contribution in [0.2, 0.25) is 0 Å². The van der Waals surface area contributed by atoms with Gasteiger partial charge in [-0.05, 0) is 113 Å². The number of ether oxygens (including phenoxy) is 3. The van der Waals surface area contributed by atoms with Crippen LogP contribution < -0.4 is 25.9 Å². The van der Waals surface area contributed by atoms with Gasteiger partial charge in [-0.15, -0.1) is 0 Å². The summed E-state index contributed by atoms with van der Waals surface area (Å²) in [5.74, 6) is -0.793. The zero-order valence-electron chi connectivity index (χ0n) is 43.5. The van der Waals surface area contributed by atoms with E-state index in [-0.39, 0.29) is 48.6 Å². The average Bonchev–Trinajstić information content (AvgIpc) is 4.21. The third kappa shape index (κ3) is 11.2. The molecule has 6 bridgehead atoms. The second-order valence-corrected chi connectivity index (χ2v) is 23.2. The number of morpholine rings is 1. The second kappa shape index (κ2) is 21.2. The number of fused-ring (bicyclic) bond motifs is 6. The van der Waals surface area contributed by atoms with Crippen molar-refractivity contribution < 1.29 is 41.8 Å². The summed E-state index contributed by atoms with van der Waals surface area (Å²) in [5, 5.41) is 9.00. The third-order valence-electron chi connectivity index (χ3n) is 17.2. The van der Waals surface area contributed by atoms with Crippen molar-refractivity contribution >= 4 is 40.1 Å². The molecule has 6 atom stereocenters. The zero-order chi connectivity index (χ0) is 51.2. The minimum Gasteiger partial charge on any atom is -0.464 e. The number of carbonyl (C=O) groups excluding carboxylic acids is 3. The summed E-state index contributed by atoms with van der Waals surface area (Å²) in [7, 11) is 3.65. The highest BCUT2D eigenvalue weighted by atomic mass is 19.4. The Labute approximate surface area is 427 Å². The average molecular weight is 1020 g/mol. The van der Waals surface area contributed by atoms with Gasteiger partial charge in [0.15, 0.2) is 0 Å². The Balaban J connectivity index is 1.05. The first-order valence-corrected chi connectivity index (χ1v) is 27.0. The van der Waals surface area contributed by atoms with E-state index < -0.39 is 48.4 Å². The van der Waals surface area contributed by atoms with Crippen LogP contribution in [0.15, 0.2) is 30.5 Å². The molecule has 0 unspecified atom stereocenters. The SMILES string of the molecule is CO[C@@H](C)c1ncc(N2CCN(C)CC2)cc1-c1c2c3cc(ccc3n1CC(F)(F)F)N1CCO[C@@H](C[C@H](NC(=O)[C@H](C3CCCC3)N3CC[C@]4(CCNC4)C3)C(=O)N3CCC[C@H](N3)C(=O)OCC(C)(C)C2)C1. The number of halogens is 3. The van der Waals surface area contributed by atoms with Crippen molar-refractivity contribution in [2.75, 3.05) is 109 Å². The lowest BCUT2D eigenvalue weighted by Gasteiger charge is -2.39. The van der Waals surface area contributed by atoms with E-state index in [0.717, 1.165) is 102 Å². The second-order valence-electron chi connectivity index (χ2n) is 23.2. The Morgan fingerprint density at radius 3 is 2.52 bits per heavy atom. The number of methoxy groups -OCH3 is 1. The molecule has 1 saturated carbocycles. The quantitative estimate of drug-likeness (QED) is 0.227. The Morgan fingerprint density at radius 1 is 0.986 bits per heavy atom. The highest BCUT2D eigenvalue weighted by molar-refractivity contribution is 5.95. The largest absolute Gasteiger partial charge is 0.464 e. The van der Waals surface area contributed by atoms with Crippen LogP contribution in [0.25, 0.3) is 22.2 Å². The van der Waals surface area contributed by atoms with Crippen molar-refractivity contribution in [1.82, 2.24) is 40.4 Å². The number of piperazine rings is 1. The molecule has 3 N–H and O–H groups in total. The van der Waals surface area contributed by atoms with Crippen LogP contribution in [0.4, 0.5) is 24.5 Å². The first-order valence-electron chi connectivity index (χ1n) is 27.0. The smallest absolute Gasteiger partial charge is 0.406 e. The number of hydrazine groups is 1. The lowest BCUT2D eigenvalue weighted by molar-refractivity contribution is -0.156. The minimum atomic E-state index is -4.58. The molecule has 19 heteroatoms. The molecule has 3 aromatic rings. The molecular formula is C54H77F3N10O6. The molecule has 1 aromatic carbocycles. The van der Waals surface area contributed by atoms with E-state index in [1.165, 1.54) is 9.58 Å². The highest BCUT2D eigenvalue weighted by Crippen LogP contribution is 2.45. The molecule has 2 aromatic heterocycles. The molecule has 0 radical (unpaired) electrons. The highest BCUT2D eigenvalue weighted by Gasteiger charge is 2.47. The molecular weight excluding hydrogens is 942 g/mol. The summed E-state index contributed by atoms with van der Waals surface area (Å²) >= 11 is 0. The Hall–Kier alpha value is -4.53. The number of pyridine rings is 1. The predicted molar refractivity (Wildman–Crippen MR) is 273 cm³/mol. The van der Waals surface area contributed by atoms with Gasteiger partial charge in [-0.1, -0.05) is 26.7 Å². The van der Waals surface area contributed by atoms with Gasteiger partial charge in [-0.3, -0.25) is 29.3 Å². The predicted octanol–water partition coefficient (Wildman–Crippen LogP) is 5.67. The van der Waals surface area contributed by atoms with Gasteiger partial charge in [-0.2, -0.15) is 13.2 Å². The number of amides is 2. The van der Waals surface area contributed by atoms with Gasteiger partial charge in [-0.25, -0.2) is 5.43 Å². The molecule has 6 aliphatic heterocycles. The van der Waals surface area contributed by atoms with Crippen LogP contribution in [0.1, 0.15) is 95.9 Å². The van der Waals surface area contributed by atoms with Crippen molar-refractivity contribution in [3.63, 3.8) is 0 Å². The molecule has 400 valence electrons. The number of esters is 1. The summed E-state index contributed by atoms with van der Waals surface area (Å²) in [6, 6.07) is 5.49. The van der Waals surface area contributed by atoms with E-state index in [1.54, 1.807) is 19.4 Å². The maximum absolute atomic E-state index is 15.1. The fourth-order valence-corrected chi connectivity index (χ4v) is 13.1. The first kappa shape index (κ1) is 51.9. The van der Waals surface area contributed by atoms with Gasteiger partial charge in [0.05, 0.1) is 54.7 Å². The number of alkyl halides is 3. The van der Waals surface area contributed by atoms with Crippen molar-refractivity contribution in [3.8, 4) is 11.3 Å². The van der Waals surface area contributed by atoms with Gasteiger partial charge in [0.2, 0.25) is 5.91 Å². The van der Waals surface area contributed by atoms with E-state index >= 15 is 13.2 Å². The molecule has 6 fully saturated rings. The number of nitrogens with zero attached hydrogens (tertiary/aromatic N) is 7. The number of benzene rings is 1. The van der Waals surface area contributed by atoms with Crippen LogP contribution in [-0.2, 0) is 41.6 Å². The molecule has 16 nitrogen and oxygen atoms in total. The maximum atomic E-state index is 15.1. The summed E-state index contributed by atoms with van der Waals surface area (Å²) in [5.41, 5.74) is 6.81. The number of aromatic nitrogens is 2. The Bertz CT molecular complexity index is 2480. The molecule has 73 heavy (non-hydrogen) atoms. The molecule has 1 aliphatic carbocycles. The van der Waals surface area contributed by atoms with Crippen molar-refractivity contribution in [3.05, 3.63) is 41.7 Å². The van der Waals surface area contributed by atoms with Crippen LogP contribution >= 0.6 is 0 Å². The van der Waals surface area contributed by atoms with Crippen LogP contribution in [0, 0.1) is 16.7 Å². The van der Waals surface area contributed by atoms with Gasteiger partial charge in [0.25, 0.3) is 5.91 Å². The fourth-order valence-electron chi connectivity index (χ4n) is 13.1. The molecule has 8 heterocycles. The van der Waals surface area contributed by atoms with Crippen LogP contribution in [-0.4, -0.2) is 172 Å². The number of nitrogens with one attached hydrogen (secondary N) is 3. The topological polar surface area (TPSA) is 149 Å². The lowest BCUT2D eigenvalue weighted by Crippen LogP contribution is -2.62. The van der Waals surface area contributed by atoms with Crippen molar-refractivity contribution in [2.24, 2.45) is 16.7 Å². The number of hydrogen-bond donors (Lipinski definition) is 3. The van der Waals surface area contributed by atoms with Gasteiger partial charge in [0, 0.05) is 100 Å². The Morgan fingerprint density at radius 2 is 1.78 bits per heavy atom. The number of likely N-dealkylation sites (N-methyl/N-ethyl adjacent to an activating group) is 1. The number of anilines is 2. The monoisotopic (exact) mass is 1020 g/mol. The third-order valence-corrected chi connectivity index (χ3v) is 17.2. The Kier molecular flexibility index (Phi) is 15.1. The van der Waals surface area contributed by atoms with Gasteiger partial charge in [0.1, 0.15) is 18.6 Å². The normalized spacial score (nSPS) is 27.9. The number of hydrogen-bond acceptors (Lipinski definition) is 13. The molecule has 10 rings (SSSR count). The van der Waals surface area contributed by atoms with E-state index in [2.05, 4.69) is 42.7 Å². The summed E-state index contributed by atoms with van der Waals surface area (Å²) in [6.07, 6.45) is 3.81. The number of carbonyl (C=O) groups is 3.